The van der Waals surface area contributed by atoms with Gasteiger partial charge in [0, 0.05) is 25.9 Å². The molecule has 1 saturated carbocycles. The smallest absolute Gasteiger partial charge is 0.303 e. The second kappa shape index (κ2) is 8.56. The minimum Gasteiger partial charge on any atom is -0.508 e. The molecule has 4 amide bonds. The number of aromatic hydroxyl groups is 1. The predicted molar refractivity (Wildman–Crippen MR) is 132 cm³/mol. The quantitative estimate of drug-likeness (QED) is 0.328. The van der Waals surface area contributed by atoms with Crippen molar-refractivity contribution < 1.29 is 34.2 Å². The summed E-state index contributed by atoms with van der Waals surface area (Å²) in [4.78, 5) is 62.9. The number of allylic oxidation sites excluding steroid dienone is 2. The molecule has 4 aliphatic rings. The number of aliphatic carboxylic acids is 1. The van der Waals surface area contributed by atoms with E-state index in [0.717, 1.165) is 9.80 Å². The highest BCUT2D eigenvalue weighted by Crippen LogP contribution is 2.65. The highest BCUT2D eigenvalue weighted by Gasteiger charge is 2.75. The summed E-state index contributed by atoms with van der Waals surface area (Å²) in [5.41, 5.74) is 1.77. The number of carbonyl (C=O) groups excluding carboxylic acids is 4. The molecule has 0 unspecified atom stereocenters. The average Bonchev–Trinajstić information content (AvgIpc) is 3.16. The van der Waals surface area contributed by atoms with Gasteiger partial charge in [0.25, 0.3) is 11.8 Å². The van der Waals surface area contributed by atoms with Crippen LogP contribution in [0.5, 0.6) is 5.75 Å². The van der Waals surface area contributed by atoms with E-state index in [9.17, 15) is 29.1 Å². The minimum atomic E-state index is -1.87. The zero-order valence-electron chi connectivity index (χ0n) is 20.2. The largest absolute Gasteiger partial charge is 0.508 e. The molecule has 9 nitrogen and oxygen atoms in total. The first kappa shape index (κ1) is 25.7. The van der Waals surface area contributed by atoms with Crippen LogP contribution in [0.1, 0.15) is 42.7 Å². The van der Waals surface area contributed by atoms with E-state index in [0.29, 0.717) is 16.7 Å². The van der Waals surface area contributed by atoms with Gasteiger partial charge in [0.05, 0.1) is 11.8 Å². The number of hydrogen-bond acceptors (Lipinski definition) is 6. The Morgan fingerprint density at radius 3 is 2.46 bits per heavy atom. The van der Waals surface area contributed by atoms with Crippen molar-refractivity contribution in [3.8, 4) is 5.75 Å². The third-order valence-corrected chi connectivity index (χ3v) is 9.85. The summed E-state index contributed by atoms with van der Waals surface area (Å²) >= 11 is 14.2. The zero-order valence-corrected chi connectivity index (χ0v) is 21.8. The summed E-state index contributed by atoms with van der Waals surface area (Å²) in [7, 11) is 1.33. The van der Waals surface area contributed by atoms with E-state index in [1.807, 2.05) is 6.08 Å². The number of benzene rings is 1. The van der Waals surface area contributed by atoms with Gasteiger partial charge in [-0.3, -0.25) is 33.8 Å². The van der Waals surface area contributed by atoms with E-state index in [4.69, 9.17) is 28.3 Å². The number of carboxylic acid groups (broad SMARTS) is 1. The molecule has 0 bridgehead atoms. The van der Waals surface area contributed by atoms with Crippen LogP contribution in [0.2, 0.25) is 0 Å². The molecule has 2 aliphatic carbocycles. The molecule has 1 aromatic rings. The number of carboxylic acids is 1. The number of fused-ring (bicyclic) bond motifs is 4. The first-order valence-corrected chi connectivity index (χ1v) is 12.9. The van der Waals surface area contributed by atoms with Gasteiger partial charge in [-0.15, -0.1) is 23.2 Å². The summed E-state index contributed by atoms with van der Waals surface area (Å²) < 4.78 is 0. The highest BCUT2D eigenvalue weighted by atomic mass is 35.5. The molecule has 0 spiro atoms. The molecule has 2 aliphatic heterocycles. The van der Waals surface area contributed by atoms with Gasteiger partial charge in [-0.1, -0.05) is 23.8 Å². The van der Waals surface area contributed by atoms with Crippen LogP contribution in [0.4, 0.5) is 0 Å². The first-order chi connectivity index (χ1) is 17.3. The van der Waals surface area contributed by atoms with E-state index in [1.54, 1.807) is 19.1 Å². The van der Waals surface area contributed by atoms with E-state index >= 15 is 0 Å². The van der Waals surface area contributed by atoms with Gasteiger partial charge in [-0.05, 0) is 49.3 Å². The average molecular weight is 549 g/mol. The fourth-order valence-corrected chi connectivity index (χ4v) is 7.67. The maximum atomic E-state index is 13.6. The third kappa shape index (κ3) is 3.39. The number of likely N-dealkylation sites (tertiary alicyclic amines) is 2. The fourth-order valence-electron chi connectivity index (χ4n) is 6.65. The van der Waals surface area contributed by atoms with Gasteiger partial charge in [0.2, 0.25) is 11.8 Å². The fraction of sp³-hybridized carbons (Fsp3) is 0.500. The van der Waals surface area contributed by atoms with Crippen molar-refractivity contribution in [2.75, 3.05) is 13.6 Å². The number of rotatable bonds is 5. The summed E-state index contributed by atoms with van der Waals surface area (Å²) in [5.74, 6) is -6.05. The SMILES string of the molecule is Cc1cc([C@H]2C3=CC[C@@H]4C(=O)N(CCCC(=O)O)C(=O)[C@@H]4[C@@H]3C[C@@]3(Cl)C(=O)N(C)C(=O)[C@@]23Cl)ccc1O. The van der Waals surface area contributed by atoms with Crippen LogP contribution in [0.25, 0.3) is 0 Å². The minimum absolute atomic E-state index is 0.00871. The lowest BCUT2D eigenvalue weighted by Crippen LogP contribution is -2.60. The maximum Gasteiger partial charge on any atom is 0.303 e. The summed E-state index contributed by atoms with van der Waals surface area (Å²) in [6.45, 7) is 1.69. The Morgan fingerprint density at radius 1 is 1.11 bits per heavy atom. The standard InChI is InChI=1S/C26H26Cl2N2O7/c1-12-10-13(5-8-17(12)31)20-14-6-7-15-19(22(35)30(21(15)34)9-3-4-18(32)33)16(14)11-25(27)23(36)29(2)24(37)26(20,25)28/h5-6,8,10,15-16,19-20,31H,3-4,7,9,11H2,1-2H3,(H,32,33)/t15-,16+,19-,20-,25+,26-/m0/s1. The molecule has 11 heteroatoms. The van der Waals surface area contributed by atoms with Crippen molar-refractivity contribution in [2.45, 2.75) is 48.3 Å². The number of imide groups is 2. The molecule has 2 heterocycles. The first-order valence-electron chi connectivity index (χ1n) is 12.1. The maximum absolute atomic E-state index is 13.6. The molecular formula is C26H26Cl2N2O7. The number of alkyl halides is 2. The molecular weight excluding hydrogens is 523 g/mol. The second-order valence-corrected chi connectivity index (χ2v) is 11.6. The number of hydrogen-bond donors (Lipinski definition) is 2. The van der Waals surface area contributed by atoms with Crippen LogP contribution in [0.15, 0.2) is 29.8 Å². The number of phenolic OH excluding ortho intramolecular Hbond substituents is 1. The number of aryl methyl sites for hydroxylation is 1. The van der Waals surface area contributed by atoms with Crippen molar-refractivity contribution >= 4 is 52.8 Å². The Hall–Kier alpha value is -2.91. The van der Waals surface area contributed by atoms with Crippen molar-refractivity contribution in [3.63, 3.8) is 0 Å². The van der Waals surface area contributed by atoms with E-state index in [-0.39, 0.29) is 43.9 Å². The number of carbonyl (C=O) groups is 5. The normalized spacial score (nSPS) is 34.9. The molecule has 196 valence electrons. The van der Waals surface area contributed by atoms with Crippen LogP contribution in [0, 0.1) is 24.7 Å². The van der Waals surface area contributed by atoms with Gasteiger partial charge < -0.3 is 10.2 Å². The van der Waals surface area contributed by atoms with Crippen molar-refractivity contribution in [3.05, 3.63) is 41.0 Å². The third-order valence-electron chi connectivity index (χ3n) is 8.43. The Bertz CT molecular complexity index is 1300. The van der Waals surface area contributed by atoms with Crippen LogP contribution in [-0.4, -0.2) is 73.0 Å². The van der Waals surface area contributed by atoms with E-state index in [1.165, 1.54) is 13.1 Å². The predicted octanol–water partition coefficient (Wildman–Crippen LogP) is 2.55. The Balaban J connectivity index is 1.62. The second-order valence-electron chi connectivity index (χ2n) is 10.4. The summed E-state index contributed by atoms with van der Waals surface area (Å²) in [5, 5.41) is 19.1. The van der Waals surface area contributed by atoms with Gasteiger partial charge in [0.15, 0.2) is 9.75 Å². The Morgan fingerprint density at radius 2 is 1.81 bits per heavy atom. The van der Waals surface area contributed by atoms with Crippen LogP contribution in [0.3, 0.4) is 0 Å². The van der Waals surface area contributed by atoms with Crippen molar-refractivity contribution in [2.24, 2.45) is 17.8 Å². The lowest BCUT2D eigenvalue weighted by molar-refractivity contribution is -0.142. The molecule has 1 aromatic carbocycles. The summed E-state index contributed by atoms with van der Waals surface area (Å²) in [6.07, 6.45) is 1.93. The molecule has 0 radical (unpaired) electrons. The lowest BCUT2D eigenvalue weighted by Gasteiger charge is -2.50. The molecule has 37 heavy (non-hydrogen) atoms. The van der Waals surface area contributed by atoms with Gasteiger partial charge in [-0.2, -0.15) is 0 Å². The molecule has 5 rings (SSSR count). The molecule has 3 fully saturated rings. The van der Waals surface area contributed by atoms with Gasteiger partial charge >= 0.3 is 5.97 Å². The Kier molecular flexibility index (Phi) is 5.95. The van der Waals surface area contributed by atoms with Gasteiger partial charge in [-0.25, -0.2) is 0 Å². The van der Waals surface area contributed by atoms with Crippen molar-refractivity contribution in [1.82, 2.24) is 9.80 Å². The molecule has 6 atom stereocenters. The van der Waals surface area contributed by atoms with E-state index < -0.39 is 57.1 Å². The monoisotopic (exact) mass is 548 g/mol. The lowest BCUT2D eigenvalue weighted by atomic mass is 9.56. The molecule has 2 saturated heterocycles. The molecule has 2 N–H and O–H groups in total. The zero-order chi connectivity index (χ0) is 27.0. The van der Waals surface area contributed by atoms with E-state index in [2.05, 4.69) is 0 Å². The summed E-state index contributed by atoms with van der Waals surface area (Å²) in [6, 6.07) is 4.79. The highest BCUT2D eigenvalue weighted by molar-refractivity contribution is 6.53. The number of amides is 4. The number of nitrogens with zero attached hydrogens (tertiary/aromatic N) is 2. The number of phenols is 1. The van der Waals surface area contributed by atoms with Crippen LogP contribution in [-0.2, 0) is 24.0 Å². The topological polar surface area (TPSA) is 132 Å². The molecule has 0 aromatic heterocycles. The van der Waals surface area contributed by atoms with Crippen LogP contribution < -0.4 is 0 Å². The Labute approximate surface area is 223 Å². The van der Waals surface area contributed by atoms with Crippen molar-refractivity contribution in [1.29, 1.82) is 0 Å². The van der Waals surface area contributed by atoms with Crippen LogP contribution >= 0.6 is 23.2 Å². The number of halogens is 2. The van der Waals surface area contributed by atoms with Gasteiger partial charge in [0.1, 0.15) is 5.75 Å².